The standard InChI is InChI=1S/C25H35NO4/c1-18(21-14-10-7-11-15-21)26(17-20-12-8-6-9-13-20)22(24(29)19(2)27)16-23(28)30-25(3,4)5/h6-15,18-19,22,24,27,29H,16-17H2,1-5H3/t18-,19+,22+,24-/m1/s1. The third-order valence-corrected chi connectivity index (χ3v) is 5.10. The van der Waals surface area contributed by atoms with Crippen molar-refractivity contribution in [2.45, 2.75) is 77.5 Å². The Morgan fingerprint density at radius 2 is 1.50 bits per heavy atom. The van der Waals surface area contributed by atoms with Gasteiger partial charge in [-0.3, -0.25) is 9.69 Å². The average Bonchev–Trinajstić information content (AvgIpc) is 2.69. The van der Waals surface area contributed by atoms with Crippen LogP contribution in [-0.4, -0.2) is 44.9 Å². The summed E-state index contributed by atoms with van der Waals surface area (Å²) in [4.78, 5) is 14.7. The lowest BCUT2D eigenvalue weighted by Gasteiger charge is -2.40. The quantitative estimate of drug-likeness (QED) is 0.606. The van der Waals surface area contributed by atoms with Crippen LogP contribution in [0, 0.1) is 0 Å². The van der Waals surface area contributed by atoms with E-state index >= 15 is 0 Å². The van der Waals surface area contributed by atoms with E-state index in [9.17, 15) is 15.0 Å². The van der Waals surface area contributed by atoms with E-state index in [0.29, 0.717) is 6.54 Å². The highest BCUT2D eigenvalue weighted by Gasteiger charge is 2.35. The molecule has 5 heteroatoms. The Morgan fingerprint density at radius 1 is 0.967 bits per heavy atom. The second-order valence-corrected chi connectivity index (χ2v) is 8.83. The summed E-state index contributed by atoms with van der Waals surface area (Å²) in [6.45, 7) is 9.57. The van der Waals surface area contributed by atoms with Gasteiger partial charge in [0.2, 0.25) is 0 Å². The maximum absolute atomic E-state index is 12.7. The Balaban J connectivity index is 2.40. The Kier molecular flexibility index (Phi) is 8.59. The first-order valence-electron chi connectivity index (χ1n) is 10.5. The molecule has 0 fully saturated rings. The summed E-state index contributed by atoms with van der Waals surface area (Å²) in [5, 5.41) is 21.1. The Bertz CT molecular complexity index is 771. The number of benzene rings is 2. The fraction of sp³-hybridized carbons (Fsp3) is 0.480. The summed E-state index contributed by atoms with van der Waals surface area (Å²) >= 11 is 0. The molecule has 2 aromatic carbocycles. The molecule has 2 aromatic rings. The highest BCUT2D eigenvalue weighted by atomic mass is 16.6. The van der Waals surface area contributed by atoms with Crippen molar-refractivity contribution in [3.8, 4) is 0 Å². The van der Waals surface area contributed by atoms with Gasteiger partial charge in [-0.25, -0.2) is 0 Å². The van der Waals surface area contributed by atoms with Gasteiger partial charge in [0.15, 0.2) is 0 Å². The average molecular weight is 414 g/mol. The molecule has 2 rings (SSSR count). The zero-order chi connectivity index (χ0) is 22.3. The predicted molar refractivity (Wildman–Crippen MR) is 119 cm³/mol. The van der Waals surface area contributed by atoms with Crippen LogP contribution in [-0.2, 0) is 16.1 Å². The third kappa shape index (κ3) is 7.24. The number of hydrogen-bond donors (Lipinski definition) is 2. The van der Waals surface area contributed by atoms with Crippen molar-refractivity contribution in [2.75, 3.05) is 0 Å². The van der Waals surface area contributed by atoms with E-state index in [2.05, 4.69) is 11.8 Å². The molecule has 0 unspecified atom stereocenters. The van der Waals surface area contributed by atoms with Crippen molar-refractivity contribution in [2.24, 2.45) is 0 Å². The van der Waals surface area contributed by atoms with Gasteiger partial charge in [-0.15, -0.1) is 0 Å². The van der Waals surface area contributed by atoms with Crippen molar-refractivity contribution < 1.29 is 19.7 Å². The second-order valence-electron chi connectivity index (χ2n) is 8.83. The van der Waals surface area contributed by atoms with E-state index in [-0.39, 0.29) is 12.5 Å². The van der Waals surface area contributed by atoms with Gasteiger partial charge in [0, 0.05) is 18.6 Å². The molecule has 0 heterocycles. The number of carbonyl (C=O) groups excluding carboxylic acids is 1. The summed E-state index contributed by atoms with van der Waals surface area (Å²) in [6.07, 6.45) is -2.11. The zero-order valence-electron chi connectivity index (χ0n) is 18.7. The largest absolute Gasteiger partial charge is 0.460 e. The van der Waals surface area contributed by atoms with Crippen LogP contribution in [0.1, 0.15) is 58.2 Å². The van der Waals surface area contributed by atoms with Crippen LogP contribution in [0.25, 0.3) is 0 Å². The van der Waals surface area contributed by atoms with Gasteiger partial charge in [0.05, 0.1) is 18.6 Å². The number of ether oxygens (including phenoxy) is 1. The van der Waals surface area contributed by atoms with Crippen molar-refractivity contribution in [1.29, 1.82) is 0 Å². The SMILES string of the molecule is C[C@H](O)[C@@H](O)[C@H](CC(=O)OC(C)(C)C)N(Cc1ccccc1)[C@H](C)c1ccccc1. The normalized spacial score (nSPS) is 16.0. The Labute approximate surface area is 180 Å². The molecule has 0 saturated heterocycles. The van der Waals surface area contributed by atoms with Crippen LogP contribution in [0.3, 0.4) is 0 Å². The van der Waals surface area contributed by atoms with Crippen molar-refractivity contribution in [1.82, 2.24) is 4.90 Å². The van der Waals surface area contributed by atoms with Gasteiger partial charge in [-0.1, -0.05) is 60.7 Å². The van der Waals surface area contributed by atoms with Crippen LogP contribution in [0.15, 0.2) is 60.7 Å². The molecule has 0 aromatic heterocycles. The Hall–Kier alpha value is -2.21. The van der Waals surface area contributed by atoms with E-state index in [1.807, 2.05) is 81.4 Å². The molecule has 0 aliphatic carbocycles. The second kappa shape index (κ2) is 10.7. The number of nitrogens with zero attached hydrogens (tertiary/aromatic N) is 1. The molecule has 0 radical (unpaired) electrons. The molecule has 0 saturated carbocycles. The van der Waals surface area contributed by atoms with Gasteiger partial charge in [0.1, 0.15) is 5.60 Å². The molecule has 0 aliphatic heterocycles. The first kappa shape index (κ1) is 24.1. The lowest BCUT2D eigenvalue weighted by Crippen LogP contribution is -2.50. The fourth-order valence-electron chi connectivity index (χ4n) is 3.57. The topological polar surface area (TPSA) is 70.0 Å². The maximum Gasteiger partial charge on any atom is 0.308 e. The first-order chi connectivity index (χ1) is 14.1. The van der Waals surface area contributed by atoms with E-state index < -0.39 is 29.8 Å². The Morgan fingerprint density at radius 3 is 2.00 bits per heavy atom. The minimum absolute atomic E-state index is 0.0205. The van der Waals surface area contributed by atoms with Gasteiger partial charge >= 0.3 is 5.97 Å². The van der Waals surface area contributed by atoms with E-state index in [1.165, 1.54) is 0 Å². The fourth-order valence-corrected chi connectivity index (χ4v) is 3.57. The van der Waals surface area contributed by atoms with E-state index in [0.717, 1.165) is 11.1 Å². The number of hydrogen-bond acceptors (Lipinski definition) is 5. The van der Waals surface area contributed by atoms with Crippen molar-refractivity contribution in [3.63, 3.8) is 0 Å². The first-order valence-corrected chi connectivity index (χ1v) is 10.5. The van der Waals surface area contributed by atoms with Gasteiger partial charge in [-0.05, 0) is 45.7 Å². The van der Waals surface area contributed by atoms with Crippen LogP contribution in [0.4, 0.5) is 0 Å². The molecule has 0 spiro atoms. The number of aliphatic hydroxyl groups is 2. The summed E-state index contributed by atoms with van der Waals surface area (Å²) in [5.74, 6) is -0.398. The van der Waals surface area contributed by atoms with E-state index in [1.54, 1.807) is 6.92 Å². The van der Waals surface area contributed by atoms with E-state index in [4.69, 9.17) is 4.74 Å². The molecular weight excluding hydrogens is 378 g/mol. The van der Waals surface area contributed by atoms with Crippen LogP contribution in [0.5, 0.6) is 0 Å². The molecule has 30 heavy (non-hydrogen) atoms. The summed E-state index contributed by atoms with van der Waals surface area (Å²) < 4.78 is 5.53. The van der Waals surface area contributed by atoms with Crippen LogP contribution >= 0.6 is 0 Å². The minimum Gasteiger partial charge on any atom is -0.460 e. The molecule has 5 nitrogen and oxygen atoms in total. The minimum atomic E-state index is -1.10. The smallest absolute Gasteiger partial charge is 0.308 e. The summed E-state index contributed by atoms with van der Waals surface area (Å²) in [7, 11) is 0. The van der Waals surface area contributed by atoms with Gasteiger partial charge in [-0.2, -0.15) is 0 Å². The summed E-state index contributed by atoms with van der Waals surface area (Å²) in [6, 6.07) is 19.2. The molecule has 164 valence electrons. The predicted octanol–water partition coefficient (Wildman–Crippen LogP) is 4.09. The highest BCUT2D eigenvalue weighted by molar-refractivity contribution is 5.70. The molecular formula is C25H35NO4. The maximum atomic E-state index is 12.7. The van der Waals surface area contributed by atoms with Gasteiger partial charge in [0.25, 0.3) is 0 Å². The summed E-state index contributed by atoms with van der Waals surface area (Å²) in [5.41, 5.74) is 1.51. The lowest BCUT2D eigenvalue weighted by molar-refractivity contribution is -0.159. The number of carbonyl (C=O) groups is 1. The monoisotopic (exact) mass is 413 g/mol. The van der Waals surface area contributed by atoms with Crippen molar-refractivity contribution in [3.05, 3.63) is 71.8 Å². The third-order valence-electron chi connectivity index (χ3n) is 5.10. The van der Waals surface area contributed by atoms with Crippen LogP contribution < -0.4 is 0 Å². The number of rotatable bonds is 9. The molecule has 2 N–H and O–H groups in total. The number of esters is 1. The van der Waals surface area contributed by atoms with Crippen molar-refractivity contribution >= 4 is 5.97 Å². The molecule has 0 amide bonds. The highest BCUT2D eigenvalue weighted by Crippen LogP contribution is 2.29. The van der Waals surface area contributed by atoms with Crippen LogP contribution in [0.2, 0.25) is 0 Å². The molecule has 0 bridgehead atoms. The molecule has 4 atom stereocenters. The lowest BCUT2D eigenvalue weighted by atomic mass is 9.96. The number of aliphatic hydroxyl groups excluding tert-OH is 2. The zero-order valence-corrected chi connectivity index (χ0v) is 18.7. The molecule has 0 aliphatic rings. The van der Waals surface area contributed by atoms with Gasteiger partial charge < -0.3 is 14.9 Å².